The van der Waals surface area contributed by atoms with Gasteiger partial charge in [-0.25, -0.2) is 9.99 Å². The Morgan fingerprint density at radius 2 is 1.62 bits per heavy atom. The van der Waals surface area contributed by atoms with Crippen molar-refractivity contribution in [2.24, 2.45) is 5.73 Å². The maximum Gasteiger partial charge on any atom is 0.444 e. The summed E-state index contributed by atoms with van der Waals surface area (Å²) >= 11 is 0. The fraction of sp³-hybridized carbons (Fsp3) is 0.500. The van der Waals surface area contributed by atoms with Crippen LogP contribution in [0.25, 0.3) is 0 Å². The van der Waals surface area contributed by atoms with Crippen molar-refractivity contribution >= 4 is 18.9 Å². The first-order chi connectivity index (χ1) is 9.73. The van der Waals surface area contributed by atoms with Gasteiger partial charge in [0.2, 0.25) is 0 Å². The summed E-state index contributed by atoms with van der Waals surface area (Å²) in [6.45, 7) is 9.10. The zero-order valence-electron chi connectivity index (χ0n) is 13.2. The average Bonchev–Trinajstić information content (AvgIpc) is 2.35. The Bertz CT molecular complexity index is 513. The highest BCUT2D eigenvalue weighted by atomic mass is 31.2. The van der Waals surface area contributed by atoms with Crippen LogP contribution in [0, 0.1) is 6.92 Å². The molecule has 0 radical (unpaired) electrons. The second-order valence-electron chi connectivity index (χ2n) is 5.31. The molecule has 0 amide bonds. The van der Waals surface area contributed by atoms with Crippen LogP contribution in [0.15, 0.2) is 24.3 Å². The first kappa shape index (κ1) is 17.7. The van der Waals surface area contributed by atoms with Crippen molar-refractivity contribution in [1.82, 2.24) is 0 Å². The molecule has 1 aromatic carbocycles. The second kappa shape index (κ2) is 7.59. The van der Waals surface area contributed by atoms with Gasteiger partial charge in [-0.3, -0.25) is 14.8 Å². The van der Waals surface area contributed by atoms with Crippen LogP contribution in [0.2, 0.25) is 0 Å². The van der Waals surface area contributed by atoms with Crippen LogP contribution in [0.5, 0.6) is 0 Å². The number of aryl methyl sites for hydroxylation is 1. The molecule has 0 unspecified atom stereocenters. The topological polar surface area (TPSA) is 87.6 Å². The molecule has 0 saturated heterocycles. The lowest BCUT2D eigenvalue weighted by atomic mass is 10.2. The SMILES string of the molecule is Cc1ccc(N[NH+]=C(N)P(=O)(OC(C)C)OC(C)C)cc1. The van der Waals surface area contributed by atoms with Crippen molar-refractivity contribution in [2.45, 2.75) is 46.8 Å². The van der Waals surface area contributed by atoms with Crippen molar-refractivity contribution in [3.8, 4) is 0 Å². The normalized spacial score (nSPS) is 13.0. The van der Waals surface area contributed by atoms with Gasteiger partial charge >= 0.3 is 13.2 Å². The number of rotatable bonds is 7. The van der Waals surface area contributed by atoms with Crippen molar-refractivity contribution in [3.63, 3.8) is 0 Å². The number of benzene rings is 1. The molecule has 118 valence electrons. The summed E-state index contributed by atoms with van der Waals surface area (Å²) in [6, 6.07) is 7.67. The van der Waals surface area contributed by atoms with Gasteiger partial charge in [0, 0.05) is 0 Å². The molecule has 0 heterocycles. The summed E-state index contributed by atoms with van der Waals surface area (Å²) in [6.07, 6.45) is -0.538. The molecular formula is C14H25N3O3P+. The molecule has 0 aliphatic rings. The molecular weight excluding hydrogens is 289 g/mol. The van der Waals surface area contributed by atoms with Crippen LogP contribution >= 0.6 is 7.60 Å². The first-order valence-corrected chi connectivity index (χ1v) is 8.45. The van der Waals surface area contributed by atoms with Gasteiger partial charge in [0.25, 0.3) is 0 Å². The van der Waals surface area contributed by atoms with E-state index in [4.69, 9.17) is 14.8 Å². The molecule has 0 aromatic heterocycles. The minimum atomic E-state index is -3.55. The fourth-order valence-electron chi connectivity index (χ4n) is 1.54. The first-order valence-electron chi connectivity index (χ1n) is 6.91. The van der Waals surface area contributed by atoms with E-state index in [0.29, 0.717) is 0 Å². The minimum Gasteiger partial charge on any atom is -0.297 e. The third kappa shape index (κ3) is 5.87. The van der Waals surface area contributed by atoms with Gasteiger partial charge in [0.1, 0.15) is 0 Å². The van der Waals surface area contributed by atoms with Crippen LogP contribution in [0.1, 0.15) is 33.3 Å². The molecule has 0 aliphatic carbocycles. The Balaban J connectivity index is 2.88. The van der Waals surface area contributed by atoms with Crippen LogP contribution < -0.4 is 16.3 Å². The Kier molecular flexibility index (Phi) is 6.40. The lowest BCUT2D eigenvalue weighted by molar-refractivity contribution is -0.418. The predicted molar refractivity (Wildman–Crippen MR) is 85.0 cm³/mol. The lowest BCUT2D eigenvalue weighted by Gasteiger charge is -2.19. The molecule has 0 aliphatic heterocycles. The number of hydrazone groups is 1. The van der Waals surface area contributed by atoms with Gasteiger partial charge in [-0.15, -0.1) is 0 Å². The van der Waals surface area contributed by atoms with Gasteiger partial charge in [-0.1, -0.05) is 17.7 Å². The maximum atomic E-state index is 12.7. The molecule has 4 N–H and O–H groups in total. The highest BCUT2D eigenvalue weighted by Crippen LogP contribution is 2.48. The Labute approximate surface area is 126 Å². The van der Waals surface area contributed by atoms with Gasteiger partial charge in [0.15, 0.2) is 0 Å². The van der Waals surface area contributed by atoms with Crippen molar-refractivity contribution < 1.29 is 18.7 Å². The average molecular weight is 314 g/mol. The monoisotopic (exact) mass is 314 g/mol. The maximum absolute atomic E-state index is 12.7. The Morgan fingerprint density at radius 3 is 2.05 bits per heavy atom. The summed E-state index contributed by atoms with van der Waals surface area (Å²) in [5.41, 5.74) is 10.6. The van der Waals surface area contributed by atoms with E-state index >= 15 is 0 Å². The number of hydrogen-bond acceptors (Lipinski definition) is 4. The number of nitrogens with one attached hydrogen (secondary N) is 2. The zero-order valence-corrected chi connectivity index (χ0v) is 14.1. The third-order valence-corrected chi connectivity index (χ3v) is 4.48. The van der Waals surface area contributed by atoms with Crippen molar-refractivity contribution in [3.05, 3.63) is 29.8 Å². The van der Waals surface area contributed by atoms with E-state index in [1.54, 1.807) is 27.7 Å². The van der Waals surface area contributed by atoms with Gasteiger partial charge < -0.3 is 0 Å². The van der Waals surface area contributed by atoms with E-state index in [0.717, 1.165) is 11.3 Å². The fourth-order valence-corrected chi connectivity index (χ4v) is 3.11. The highest BCUT2D eigenvalue weighted by Gasteiger charge is 2.38. The summed E-state index contributed by atoms with van der Waals surface area (Å²) in [5.74, 6) is 0. The molecule has 0 fully saturated rings. The van der Waals surface area contributed by atoms with E-state index < -0.39 is 7.60 Å². The summed E-state index contributed by atoms with van der Waals surface area (Å²) in [4.78, 5) is 0. The molecule has 0 saturated carbocycles. The number of anilines is 1. The quantitative estimate of drug-likeness (QED) is 0.309. The van der Waals surface area contributed by atoms with E-state index in [9.17, 15) is 4.57 Å². The van der Waals surface area contributed by atoms with Crippen LogP contribution in [-0.4, -0.2) is 17.8 Å². The van der Waals surface area contributed by atoms with Crippen molar-refractivity contribution in [1.29, 1.82) is 0 Å². The highest BCUT2D eigenvalue weighted by molar-refractivity contribution is 7.71. The van der Waals surface area contributed by atoms with E-state index in [2.05, 4.69) is 10.5 Å². The molecule has 1 rings (SSSR count). The Hall–Kier alpha value is -1.36. The molecule has 1 aromatic rings. The lowest BCUT2D eigenvalue weighted by Crippen LogP contribution is -2.79. The number of nitrogens with two attached hydrogens (primary N) is 1. The zero-order chi connectivity index (χ0) is 16.0. The molecule has 21 heavy (non-hydrogen) atoms. The molecule has 0 spiro atoms. The number of hydrazine groups is 1. The van der Waals surface area contributed by atoms with Gasteiger partial charge in [-0.05, 0) is 46.8 Å². The number of hydrogen-bond donors (Lipinski definition) is 3. The van der Waals surface area contributed by atoms with Crippen LogP contribution in [-0.2, 0) is 13.6 Å². The second-order valence-corrected chi connectivity index (χ2v) is 7.21. The largest absolute Gasteiger partial charge is 0.444 e. The molecule has 7 heteroatoms. The third-order valence-electron chi connectivity index (χ3n) is 2.38. The summed E-state index contributed by atoms with van der Waals surface area (Å²) in [5, 5.41) is 2.70. The van der Waals surface area contributed by atoms with Crippen LogP contribution in [0.4, 0.5) is 5.69 Å². The Morgan fingerprint density at radius 1 is 1.14 bits per heavy atom. The van der Waals surface area contributed by atoms with Crippen LogP contribution in [0.3, 0.4) is 0 Å². The molecule has 0 atom stereocenters. The van der Waals surface area contributed by atoms with E-state index in [-0.39, 0.29) is 17.8 Å². The van der Waals surface area contributed by atoms with Gasteiger partial charge in [0.05, 0.1) is 17.9 Å². The molecule has 6 nitrogen and oxygen atoms in total. The van der Waals surface area contributed by atoms with Crippen molar-refractivity contribution in [2.75, 3.05) is 5.43 Å². The predicted octanol–water partition coefficient (Wildman–Crippen LogP) is 1.76. The standard InChI is InChI=1S/C14H24N3O3P/c1-10(2)19-21(18,20-11(3)4)14(15)17-16-13-8-6-12(5)7-9-13/h6-11,16H,1-5H3,(H2,15,17)/p+1. The van der Waals surface area contributed by atoms with E-state index in [1.165, 1.54) is 0 Å². The summed E-state index contributed by atoms with van der Waals surface area (Å²) < 4.78 is 23.5. The number of amidine groups is 1. The minimum absolute atomic E-state index is 0.0644. The summed E-state index contributed by atoms with van der Waals surface area (Å²) in [7, 11) is -3.55. The molecule has 0 bridgehead atoms. The van der Waals surface area contributed by atoms with Gasteiger partial charge in [-0.2, -0.15) is 5.10 Å². The van der Waals surface area contributed by atoms with E-state index in [1.807, 2.05) is 31.2 Å². The smallest absolute Gasteiger partial charge is 0.297 e.